The van der Waals surface area contributed by atoms with Gasteiger partial charge in [0.25, 0.3) is 0 Å². The highest BCUT2D eigenvalue weighted by Crippen LogP contribution is 2.02. The molecule has 0 bridgehead atoms. The summed E-state index contributed by atoms with van der Waals surface area (Å²) in [6.45, 7) is 0. The fourth-order valence-electron chi connectivity index (χ4n) is 0.332. The van der Waals surface area contributed by atoms with Crippen molar-refractivity contribution in [2.75, 3.05) is 12.8 Å². The maximum atomic E-state index is 9.53. The van der Waals surface area contributed by atoms with E-state index in [-0.39, 0.29) is 0 Å². The number of thiazole rings is 1. The van der Waals surface area contributed by atoms with Crippen LogP contribution in [0.4, 0.5) is 5.13 Å². The first kappa shape index (κ1) is 11.4. The minimum Gasteiger partial charge on any atom is -0.477 e. The average molecular weight is 203 g/mol. The first-order valence-corrected chi connectivity index (χ1v) is 3.99. The van der Waals surface area contributed by atoms with Gasteiger partial charge < -0.3 is 15.7 Å². The predicted octanol–water partition coefficient (Wildman–Crippen LogP) is 0.429. The van der Waals surface area contributed by atoms with Crippen LogP contribution in [0.2, 0.25) is 0 Å². The highest BCUT2D eigenvalue weighted by Gasteiger charge is 1.82. The van der Waals surface area contributed by atoms with Crippen molar-refractivity contribution in [1.29, 1.82) is 0 Å². The maximum Gasteiger partial charge on any atom is 0.350 e. The lowest BCUT2D eigenvalue weighted by molar-refractivity contribution is -0.129. The zero-order chi connectivity index (χ0) is 10.1. The quantitative estimate of drug-likeness (QED) is 0.536. The molecule has 0 spiro atoms. The average Bonchev–Trinajstić information content (AvgIpc) is 2.53. The largest absolute Gasteiger partial charge is 0.477 e. The van der Waals surface area contributed by atoms with Crippen LogP contribution in [0.25, 0.3) is 0 Å². The summed E-state index contributed by atoms with van der Waals surface area (Å²) in [5.41, 5.74) is 5.19. The normalized spacial score (nSPS) is 9.00. The number of aromatic nitrogens is 1. The van der Waals surface area contributed by atoms with Crippen molar-refractivity contribution in [3.05, 3.63) is 11.6 Å². The molecule has 0 aromatic carbocycles. The van der Waals surface area contributed by atoms with E-state index in [1.807, 2.05) is 5.38 Å². The molecule has 0 saturated heterocycles. The van der Waals surface area contributed by atoms with E-state index in [2.05, 4.69) is 15.0 Å². The summed E-state index contributed by atoms with van der Waals surface area (Å²) in [6.07, 6.45) is 2.35. The highest BCUT2D eigenvalue weighted by molar-refractivity contribution is 7.13. The Morgan fingerprint density at radius 3 is 2.77 bits per heavy atom. The second kappa shape index (κ2) is 7.04. The summed E-state index contributed by atoms with van der Waals surface area (Å²) >= 11 is 1.44. The fraction of sp³-hybridized carbons (Fsp3) is 0.167. The fourth-order valence-corrected chi connectivity index (χ4v) is 0.715. The molecule has 72 valence electrons. The number of nitrogens with two attached hydrogens (primary N) is 1. The zero-order valence-electron chi connectivity index (χ0n) is 6.88. The molecule has 6 nitrogen and oxygen atoms in total. The molecule has 13 heavy (non-hydrogen) atoms. The van der Waals surface area contributed by atoms with Gasteiger partial charge in [0.2, 0.25) is 0 Å². The number of rotatable bonds is 2. The van der Waals surface area contributed by atoms with Crippen LogP contribution < -0.4 is 5.73 Å². The van der Waals surface area contributed by atoms with E-state index in [1.165, 1.54) is 18.4 Å². The summed E-state index contributed by atoms with van der Waals surface area (Å²) in [5.74, 6) is -1.11. The van der Waals surface area contributed by atoms with Gasteiger partial charge in [-0.1, -0.05) is 5.16 Å². The van der Waals surface area contributed by atoms with Gasteiger partial charge in [-0.2, -0.15) is 0 Å². The van der Waals surface area contributed by atoms with Gasteiger partial charge in [-0.05, 0) is 0 Å². The number of anilines is 1. The van der Waals surface area contributed by atoms with Gasteiger partial charge in [-0.3, -0.25) is 0 Å². The molecular weight excluding hydrogens is 194 g/mol. The summed E-state index contributed by atoms with van der Waals surface area (Å²) in [5, 5.41) is 13.2. The van der Waals surface area contributed by atoms with Crippen LogP contribution in [-0.4, -0.2) is 29.4 Å². The third kappa shape index (κ3) is 8.27. The van der Waals surface area contributed by atoms with Gasteiger partial charge >= 0.3 is 5.97 Å². The van der Waals surface area contributed by atoms with E-state index in [0.29, 0.717) is 11.3 Å². The maximum absolute atomic E-state index is 9.53. The molecule has 0 radical (unpaired) electrons. The first-order chi connectivity index (χ1) is 6.16. The van der Waals surface area contributed by atoms with Crippen molar-refractivity contribution in [1.82, 2.24) is 4.98 Å². The number of carboxylic acids is 1. The predicted molar refractivity (Wildman–Crippen MR) is 49.7 cm³/mol. The second-order valence-electron chi connectivity index (χ2n) is 1.63. The minimum atomic E-state index is -1.11. The van der Waals surface area contributed by atoms with E-state index in [1.54, 1.807) is 6.20 Å². The molecule has 0 amide bonds. The van der Waals surface area contributed by atoms with Crippen LogP contribution >= 0.6 is 11.3 Å². The number of nitrogen functional groups attached to an aromatic ring is 1. The van der Waals surface area contributed by atoms with Crippen LogP contribution in [0.3, 0.4) is 0 Å². The SMILES string of the molecule is CON=CC(=O)O.Nc1nccs1. The van der Waals surface area contributed by atoms with Crippen molar-refractivity contribution in [3.8, 4) is 0 Å². The van der Waals surface area contributed by atoms with E-state index >= 15 is 0 Å². The standard InChI is InChI=1S/C3H4N2S.C3H5NO3/c4-3-5-1-2-6-3;1-7-4-2-3(5)6/h1-2H,(H2,4,5);2H,1H3,(H,5,6). The molecule has 0 atom stereocenters. The van der Waals surface area contributed by atoms with E-state index < -0.39 is 5.97 Å². The molecule has 0 aliphatic carbocycles. The zero-order valence-corrected chi connectivity index (χ0v) is 7.69. The van der Waals surface area contributed by atoms with E-state index in [0.717, 1.165) is 0 Å². The second-order valence-corrected chi connectivity index (χ2v) is 2.55. The Kier molecular flexibility index (Phi) is 6.16. The van der Waals surface area contributed by atoms with Crippen molar-refractivity contribution < 1.29 is 14.7 Å². The van der Waals surface area contributed by atoms with Crippen LogP contribution in [-0.2, 0) is 9.63 Å². The molecule has 7 heteroatoms. The lowest BCUT2D eigenvalue weighted by Crippen LogP contribution is -1.94. The smallest absolute Gasteiger partial charge is 0.350 e. The minimum absolute atomic E-state index is 0.634. The molecule has 0 unspecified atom stereocenters. The molecule has 1 aromatic rings. The Bertz CT molecular complexity index is 260. The van der Waals surface area contributed by atoms with Gasteiger partial charge in [0.1, 0.15) is 7.11 Å². The summed E-state index contributed by atoms with van der Waals surface area (Å²) in [7, 11) is 1.28. The van der Waals surface area contributed by atoms with Gasteiger partial charge in [-0.15, -0.1) is 11.3 Å². The van der Waals surface area contributed by atoms with Crippen LogP contribution in [0.5, 0.6) is 0 Å². The Morgan fingerprint density at radius 2 is 2.62 bits per heavy atom. The molecular formula is C6H9N3O3S. The molecule has 0 fully saturated rings. The van der Waals surface area contributed by atoms with Gasteiger partial charge in [0.15, 0.2) is 11.3 Å². The Balaban J connectivity index is 0.000000223. The molecule has 1 aromatic heterocycles. The monoisotopic (exact) mass is 203 g/mol. The van der Waals surface area contributed by atoms with E-state index in [4.69, 9.17) is 10.8 Å². The number of hydrogen-bond donors (Lipinski definition) is 2. The number of carbonyl (C=O) groups is 1. The summed E-state index contributed by atoms with van der Waals surface area (Å²) in [4.78, 5) is 17.3. The third-order valence-electron chi connectivity index (χ3n) is 0.720. The number of nitrogens with zero attached hydrogens (tertiary/aromatic N) is 2. The lowest BCUT2D eigenvalue weighted by atomic mass is 10.8. The molecule has 0 saturated carbocycles. The summed E-state index contributed by atoms with van der Waals surface area (Å²) in [6, 6.07) is 0. The lowest BCUT2D eigenvalue weighted by Gasteiger charge is -1.78. The first-order valence-electron chi connectivity index (χ1n) is 3.11. The van der Waals surface area contributed by atoms with Gasteiger partial charge in [-0.25, -0.2) is 9.78 Å². The van der Waals surface area contributed by atoms with Gasteiger partial charge in [0, 0.05) is 11.6 Å². The number of aliphatic carboxylic acids is 1. The number of hydrogen-bond acceptors (Lipinski definition) is 6. The van der Waals surface area contributed by atoms with Crippen molar-refractivity contribution >= 4 is 28.7 Å². The highest BCUT2D eigenvalue weighted by atomic mass is 32.1. The van der Waals surface area contributed by atoms with Crippen LogP contribution in [0.1, 0.15) is 0 Å². The molecule has 0 aliphatic rings. The molecule has 1 rings (SSSR count). The number of oxime groups is 1. The van der Waals surface area contributed by atoms with E-state index in [9.17, 15) is 4.79 Å². The van der Waals surface area contributed by atoms with Crippen molar-refractivity contribution in [2.45, 2.75) is 0 Å². The Hall–Kier alpha value is -1.63. The molecule has 0 aliphatic heterocycles. The topological polar surface area (TPSA) is 97.8 Å². The van der Waals surface area contributed by atoms with Crippen LogP contribution in [0, 0.1) is 0 Å². The Morgan fingerprint density at radius 1 is 1.92 bits per heavy atom. The molecule has 3 N–H and O–H groups in total. The molecule has 1 heterocycles. The third-order valence-corrected chi connectivity index (χ3v) is 1.32. The van der Waals surface area contributed by atoms with Crippen molar-refractivity contribution in [2.24, 2.45) is 5.16 Å². The van der Waals surface area contributed by atoms with Gasteiger partial charge in [0.05, 0.1) is 0 Å². The Labute approximate surface area is 78.7 Å². The summed E-state index contributed by atoms with van der Waals surface area (Å²) < 4.78 is 0. The number of carboxylic acid groups (broad SMARTS) is 1. The van der Waals surface area contributed by atoms with Crippen molar-refractivity contribution in [3.63, 3.8) is 0 Å². The van der Waals surface area contributed by atoms with Crippen LogP contribution in [0.15, 0.2) is 16.7 Å².